The van der Waals surface area contributed by atoms with Crippen LogP contribution in [0.5, 0.6) is 0 Å². The van der Waals surface area contributed by atoms with Crippen LogP contribution in [0.15, 0.2) is 0 Å². The minimum absolute atomic E-state index is 0. The quantitative estimate of drug-likeness (QED) is 0.260. The Bertz CT molecular complexity index is 294. The minimum atomic E-state index is -1.30. The van der Waals surface area contributed by atoms with E-state index in [-0.39, 0.29) is 101 Å². The van der Waals surface area contributed by atoms with E-state index in [0.717, 1.165) is 0 Å². The van der Waals surface area contributed by atoms with Gasteiger partial charge in [-0.2, -0.15) is 12.6 Å². The molecule has 2 amide bonds. The Hall–Kier alpha value is 1.73. The largest absolute Gasteiger partial charge is 0.396 e. The van der Waals surface area contributed by atoms with E-state index in [2.05, 4.69) is 23.3 Å². The maximum absolute atomic E-state index is 11.5. The molecule has 0 spiro atoms. The van der Waals surface area contributed by atoms with Gasteiger partial charge in [0.1, 0.15) is 6.10 Å². The molecule has 4 radical (unpaired) electrons. The van der Waals surface area contributed by atoms with E-state index >= 15 is 0 Å². The summed E-state index contributed by atoms with van der Waals surface area (Å²) in [4.78, 5) is 22.7. The normalized spacial score (nSPS) is 11.7. The summed E-state index contributed by atoms with van der Waals surface area (Å²) in [6, 6.07) is 0. The fourth-order valence-electron chi connectivity index (χ4n) is 1.12. The zero-order chi connectivity index (χ0) is 14.2. The second-order valence-corrected chi connectivity index (χ2v) is 5.11. The van der Waals surface area contributed by atoms with Gasteiger partial charge in [0, 0.05) is 106 Å². The van der Waals surface area contributed by atoms with Crippen molar-refractivity contribution in [3.8, 4) is 0 Å². The molecule has 0 aliphatic carbocycles. The first-order valence-corrected chi connectivity index (χ1v) is 6.42. The van der Waals surface area contributed by atoms with Crippen LogP contribution in [0.25, 0.3) is 0 Å². The van der Waals surface area contributed by atoms with Gasteiger partial charge >= 0.3 is 0 Å². The van der Waals surface area contributed by atoms with E-state index < -0.39 is 17.4 Å². The van der Waals surface area contributed by atoms with Crippen molar-refractivity contribution in [2.75, 3.05) is 25.4 Å². The van der Waals surface area contributed by atoms with Gasteiger partial charge in [-0.05, 0) is 0 Å². The second kappa shape index (κ2) is 14.3. The van der Waals surface area contributed by atoms with Crippen LogP contribution in [0.4, 0.5) is 0 Å². The summed E-state index contributed by atoms with van der Waals surface area (Å²) in [6.07, 6.45) is -1.16. The first kappa shape index (κ1) is 26.6. The molecule has 0 aliphatic heterocycles. The number of carbonyl (C=O) groups is 2. The SMILES string of the molecule is CC(C)(CO)[C@@H](O)C(=O)NCCC(=O)NCCS.[Ca].[Ca]. The van der Waals surface area contributed by atoms with Crippen LogP contribution in [0.1, 0.15) is 20.3 Å². The number of nitrogens with one attached hydrogen (secondary N) is 2. The minimum Gasteiger partial charge on any atom is -0.396 e. The monoisotopic (exact) mass is 358 g/mol. The van der Waals surface area contributed by atoms with E-state index in [4.69, 9.17) is 5.11 Å². The summed E-state index contributed by atoms with van der Waals surface area (Å²) in [7, 11) is 0. The molecule has 0 saturated heterocycles. The van der Waals surface area contributed by atoms with Crippen LogP contribution < -0.4 is 10.6 Å². The Morgan fingerprint density at radius 2 is 1.75 bits per heavy atom. The predicted octanol–water partition coefficient (Wildman–Crippen LogP) is -1.84. The summed E-state index contributed by atoms with van der Waals surface area (Å²) >= 11 is 3.95. The average molecular weight is 359 g/mol. The Morgan fingerprint density at radius 3 is 2.20 bits per heavy atom. The van der Waals surface area contributed by atoms with E-state index in [9.17, 15) is 14.7 Å². The molecule has 0 heterocycles. The van der Waals surface area contributed by atoms with Crippen molar-refractivity contribution in [2.24, 2.45) is 5.41 Å². The Morgan fingerprint density at radius 1 is 1.20 bits per heavy atom. The van der Waals surface area contributed by atoms with Crippen molar-refractivity contribution < 1.29 is 19.8 Å². The number of thiol groups is 1. The van der Waals surface area contributed by atoms with Crippen molar-refractivity contribution in [2.45, 2.75) is 26.4 Å². The molecule has 20 heavy (non-hydrogen) atoms. The molecule has 0 fully saturated rings. The zero-order valence-corrected chi connectivity index (χ0v) is 17.5. The third kappa shape index (κ3) is 11.3. The molecule has 0 aromatic carbocycles. The van der Waals surface area contributed by atoms with Crippen LogP contribution in [0, 0.1) is 5.41 Å². The van der Waals surface area contributed by atoms with Crippen LogP contribution in [0.3, 0.4) is 0 Å². The van der Waals surface area contributed by atoms with Gasteiger partial charge in [-0.3, -0.25) is 9.59 Å². The number of amides is 2. The second-order valence-electron chi connectivity index (χ2n) is 4.66. The van der Waals surface area contributed by atoms with Crippen LogP contribution in [0.2, 0.25) is 0 Å². The molecule has 1 atom stereocenters. The molecule has 0 rings (SSSR count). The van der Waals surface area contributed by atoms with Gasteiger partial charge in [0.2, 0.25) is 11.8 Å². The molecule has 0 bridgehead atoms. The molecule has 9 heteroatoms. The van der Waals surface area contributed by atoms with Gasteiger partial charge < -0.3 is 20.8 Å². The predicted molar refractivity (Wildman–Crippen MR) is 82.9 cm³/mol. The van der Waals surface area contributed by atoms with Crippen molar-refractivity contribution in [1.82, 2.24) is 10.6 Å². The first-order valence-electron chi connectivity index (χ1n) is 5.79. The van der Waals surface area contributed by atoms with Crippen LogP contribution in [-0.4, -0.2) is 129 Å². The number of hydrogen-bond donors (Lipinski definition) is 5. The van der Waals surface area contributed by atoms with Crippen LogP contribution in [-0.2, 0) is 9.59 Å². The van der Waals surface area contributed by atoms with Gasteiger partial charge in [-0.25, -0.2) is 0 Å². The number of rotatable bonds is 8. The van der Waals surface area contributed by atoms with Gasteiger partial charge in [0.05, 0.1) is 6.61 Å². The molecule has 0 aromatic rings. The van der Waals surface area contributed by atoms with Gasteiger partial charge in [0.25, 0.3) is 0 Å². The maximum Gasteiger partial charge on any atom is 0.249 e. The van der Waals surface area contributed by atoms with Gasteiger partial charge in [0.15, 0.2) is 0 Å². The summed E-state index contributed by atoms with van der Waals surface area (Å²) in [5.74, 6) is -0.210. The van der Waals surface area contributed by atoms with E-state index in [1.54, 1.807) is 13.8 Å². The van der Waals surface area contributed by atoms with Gasteiger partial charge in [-0.15, -0.1) is 0 Å². The van der Waals surface area contributed by atoms with Crippen molar-refractivity contribution >= 4 is 99.9 Å². The smallest absolute Gasteiger partial charge is 0.249 e. The molecule has 0 unspecified atom stereocenters. The summed E-state index contributed by atoms with van der Waals surface area (Å²) in [5.41, 5.74) is -0.904. The topological polar surface area (TPSA) is 98.7 Å². The number of aliphatic hydroxyl groups is 2. The number of carbonyl (C=O) groups excluding carboxylic acids is 2. The first-order chi connectivity index (χ1) is 8.35. The molecule has 110 valence electrons. The molecule has 4 N–H and O–H groups in total. The standard InChI is InChI=1S/C11H22N2O4S.2Ca/c1-11(2,7-14)9(16)10(17)13-4-3-8(15)12-5-6-18;;/h9,14,16,18H,3-7H2,1-2H3,(H,12,15)(H,13,17);;/t9-;;/m0../s1. The summed E-state index contributed by atoms with van der Waals surface area (Å²) < 4.78 is 0. The van der Waals surface area contributed by atoms with Crippen molar-refractivity contribution in [3.63, 3.8) is 0 Å². The maximum atomic E-state index is 11.5. The molecular formula is C11H22Ca2N2O4S. The zero-order valence-electron chi connectivity index (χ0n) is 12.2. The summed E-state index contributed by atoms with van der Waals surface area (Å²) in [6.45, 7) is 3.49. The van der Waals surface area contributed by atoms with Crippen molar-refractivity contribution in [1.29, 1.82) is 0 Å². The van der Waals surface area contributed by atoms with Crippen LogP contribution >= 0.6 is 12.6 Å². The number of aliphatic hydroxyl groups excluding tert-OH is 2. The third-order valence-electron chi connectivity index (χ3n) is 2.48. The fourth-order valence-corrected chi connectivity index (χ4v) is 1.23. The fraction of sp³-hybridized carbons (Fsp3) is 0.818. The molecule has 0 aromatic heterocycles. The average Bonchev–Trinajstić information content (AvgIpc) is 2.35. The number of hydrogen-bond acceptors (Lipinski definition) is 5. The third-order valence-corrected chi connectivity index (χ3v) is 2.70. The Kier molecular flexibility index (Phi) is 19.1. The Labute approximate surface area is 185 Å². The summed E-state index contributed by atoms with van der Waals surface area (Å²) in [5, 5.41) is 23.7. The van der Waals surface area contributed by atoms with Gasteiger partial charge in [-0.1, -0.05) is 13.8 Å². The molecule has 0 saturated carbocycles. The Balaban J connectivity index is -0.00000144. The van der Waals surface area contributed by atoms with E-state index in [0.29, 0.717) is 12.3 Å². The van der Waals surface area contributed by atoms with Crippen molar-refractivity contribution in [3.05, 3.63) is 0 Å². The molecular weight excluding hydrogens is 336 g/mol. The van der Waals surface area contributed by atoms with E-state index in [1.807, 2.05) is 0 Å². The van der Waals surface area contributed by atoms with E-state index in [1.165, 1.54) is 0 Å². The molecule has 0 aliphatic rings. The molecule has 6 nitrogen and oxygen atoms in total.